The molecule has 0 spiro atoms. The molecule has 192 valence electrons. The maximum Gasteiger partial charge on any atom is 0.405 e. The Bertz CT molecular complexity index is 935. The van der Waals surface area contributed by atoms with Crippen molar-refractivity contribution in [3.8, 4) is 0 Å². The van der Waals surface area contributed by atoms with Crippen LogP contribution in [0, 0.1) is 6.92 Å². The van der Waals surface area contributed by atoms with Crippen LogP contribution in [0.4, 0.5) is 13.2 Å². The summed E-state index contributed by atoms with van der Waals surface area (Å²) in [5.41, 5.74) is 5.21. The summed E-state index contributed by atoms with van der Waals surface area (Å²) in [6, 6.07) is 16.4. The Morgan fingerprint density at radius 1 is 0.857 bits per heavy atom. The average Bonchev–Trinajstić information content (AvgIpc) is 3.18. The van der Waals surface area contributed by atoms with Crippen molar-refractivity contribution in [3.63, 3.8) is 0 Å². The SMILES string of the molecule is CCCCCCCCCCN[C@@H](CC1C(NCC(F)(F)F)=Cc2ccccc21)c1ccccc1C. The molecule has 1 aliphatic rings. The van der Waals surface area contributed by atoms with Gasteiger partial charge in [0.2, 0.25) is 0 Å². The van der Waals surface area contributed by atoms with Gasteiger partial charge in [-0.1, -0.05) is 100 Å². The first-order valence-electron chi connectivity index (χ1n) is 13.3. The summed E-state index contributed by atoms with van der Waals surface area (Å²) in [6.07, 6.45) is 8.54. The Balaban J connectivity index is 1.66. The lowest BCUT2D eigenvalue weighted by molar-refractivity contribution is -0.123. The second kappa shape index (κ2) is 13.7. The second-order valence-electron chi connectivity index (χ2n) is 9.82. The van der Waals surface area contributed by atoms with Crippen molar-refractivity contribution >= 4 is 6.08 Å². The number of hydrogen-bond acceptors (Lipinski definition) is 2. The quantitative estimate of drug-likeness (QED) is 0.247. The van der Waals surface area contributed by atoms with Gasteiger partial charge in [0.1, 0.15) is 6.54 Å². The summed E-state index contributed by atoms with van der Waals surface area (Å²) in [7, 11) is 0. The Morgan fingerprint density at radius 3 is 2.23 bits per heavy atom. The molecule has 0 saturated heterocycles. The van der Waals surface area contributed by atoms with Crippen LogP contribution in [0.3, 0.4) is 0 Å². The topological polar surface area (TPSA) is 24.1 Å². The fraction of sp³-hybridized carbons (Fsp3) is 0.533. The second-order valence-corrected chi connectivity index (χ2v) is 9.82. The minimum atomic E-state index is -4.25. The molecular formula is C30H41F3N2. The van der Waals surface area contributed by atoms with Crippen LogP contribution in [-0.4, -0.2) is 19.3 Å². The molecule has 0 aromatic heterocycles. The van der Waals surface area contributed by atoms with Crippen LogP contribution in [0.2, 0.25) is 0 Å². The fourth-order valence-corrected chi connectivity index (χ4v) is 5.09. The zero-order chi connectivity index (χ0) is 25.1. The van der Waals surface area contributed by atoms with Gasteiger partial charge in [0, 0.05) is 17.7 Å². The lowest BCUT2D eigenvalue weighted by atomic mass is 9.87. The van der Waals surface area contributed by atoms with Crippen LogP contribution in [0.15, 0.2) is 54.2 Å². The molecular weight excluding hydrogens is 445 g/mol. The first-order valence-corrected chi connectivity index (χ1v) is 13.3. The van der Waals surface area contributed by atoms with Crippen LogP contribution in [0.5, 0.6) is 0 Å². The van der Waals surface area contributed by atoms with E-state index in [9.17, 15) is 13.2 Å². The Morgan fingerprint density at radius 2 is 1.51 bits per heavy atom. The van der Waals surface area contributed by atoms with Gasteiger partial charge < -0.3 is 10.6 Å². The third-order valence-corrected chi connectivity index (χ3v) is 7.01. The minimum Gasteiger partial charge on any atom is -0.379 e. The van der Waals surface area contributed by atoms with Crippen LogP contribution in [-0.2, 0) is 0 Å². The largest absolute Gasteiger partial charge is 0.405 e. The number of fused-ring (bicyclic) bond motifs is 1. The van der Waals surface area contributed by atoms with E-state index >= 15 is 0 Å². The molecule has 2 aromatic carbocycles. The maximum atomic E-state index is 13.0. The first kappa shape index (κ1) is 27.3. The highest BCUT2D eigenvalue weighted by Crippen LogP contribution is 2.41. The number of alkyl halides is 3. The minimum absolute atomic E-state index is 0.0768. The zero-order valence-corrected chi connectivity index (χ0v) is 21.3. The molecule has 0 bridgehead atoms. The summed E-state index contributed by atoms with van der Waals surface area (Å²) in [5, 5.41) is 6.46. The number of hydrogen-bond donors (Lipinski definition) is 2. The molecule has 0 amide bonds. The van der Waals surface area contributed by atoms with Crippen molar-refractivity contribution in [1.29, 1.82) is 0 Å². The van der Waals surface area contributed by atoms with Gasteiger partial charge in [0.05, 0.1) is 0 Å². The summed E-state index contributed by atoms with van der Waals surface area (Å²) >= 11 is 0. The third kappa shape index (κ3) is 8.71. The predicted octanol–water partition coefficient (Wildman–Crippen LogP) is 8.45. The van der Waals surface area contributed by atoms with Gasteiger partial charge >= 0.3 is 6.18 Å². The molecule has 0 fully saturated rings. The molecule has 2 aromatic rings. The van der Waals surface area contributed by atoms with Gasteiger partial charge in [0.15, 0.2) is 0 Å². The molecule has 0 heterocycles. The van der Waals surface area contributed by atoms with Crippen LogP contribution in [0.1, 0.15) is 98.9 Å². The van der Waals surface area contributed by atoms with Crippen LogP contribution >= 0.6 is 0 Å². The maximum absolute atomic E-state index is 13.0. The van der Waals surface area contributed by atoms with E-state index in [1.54, 1.807) is 0 Å². The van der Waals surface area contributed by atoms with Crippen molar-refractivity contribution < 1.29 is 13.2 Å². The fourth-order valence-electron chi connectivity index (χ4n) is 5.09. The van der Waals surface area contributed by atoms with E-state index in [-0.39, 0.29) is 12.0 Å². The van der Waals surface area contributed by atoms with Gasteiger partial charge in [-0.2, -0.15) is 13.2 Å². The Hall–Kier alpha value is -2.27. The number of rotatable bonds is 15. The standard InChI is InChI=1S/C30H41F3N2/c1-3-4-5-6-7-8-9-14-19-34-29(25-17-12-10-15-23(25)2)21-27-26-18-13-11-16-24(26)20-28(27)35-22-30(31,32)33/h10-13,15-18,20,27,29,34-35H,3-9,14,19,21-22H2,1-2H3/t27?,29-/m0/s1. The van der Waals surface area contributed by atoms with E-state index in [1.165, 1.54) is 56.1 Å². The van der Waals surface area contributed by atoms with E-state index in [2.05, 4.69) is 42.7 Å². The van der Waals surface area contributed by atoms with Gasteiger partial charge in [-0.3, -0.25) is 0 Å². The predicted molar refractivity (Wildman–Crippen MR) is 140 cm³/mol. The molecule has 1 unspecified atom stereocenters. The van der Waals surface area contributed by atoms with Gasteiger partial charge in [-0.05, 0) is 54.6 Å². The van der Waals surface area contributed by atoms with Gasteiger partial charge in [-0.15, -0.1) is 0 Å². The number of benzene rings is 2. The van der Waals surface area contributed by atoms with Crippen molar-refractivity contribution in [2.75, 3.05) is 13.1 Å². The Labute approximate surface area is 209 Å². The number of halogens is 3. The Kier molecular flexibility index (Phi) is 10.7. The summed E-state index contributed by atoms with van der Waals surface area (Å²) in [4.78, 5) is 0. The van der Waals surface area contributed by atoms with Gasteiger partial charge in [-0.25, -0.2) is 0 Å². The normalized spacial score (nSPS) is 16.1. The number of nitrogens with one attached hydrogen (secondary N) is 2. The zero-order valence-electron chi connectivity index (χ0n) is 21.3. The molecule has 5 heteroatoms. The highest BCUT2D eigenvalue weighted by molar-refractivity contribution is 5.66. The molecule has 3 rings (SSSR count). The third-order valence-electron chi connectivity index (χ3n) is 7.01. The number of unbranched alkanes of at least 4 members (excludes halogenated alkanes) is 7. The lowest BCUT2D eigenvalue weighted by Crippen LogP contribution is -2.31. The van der Waals surface area contributed by atoms with E-state index < -0.39 is 12.7 Å². The molecule has 0 saturated carbocycles. The van der Waals surface area contributed by atoms with E-state index in [0.717, 1.165) is 30.5 Å². The van der Waals surface area contributed by atoms with Crippen molar-refractivity contribution in [3.05, 3.63) is 76.5 Å². The van der Waals surface area contributed by atoms with E-state index in [1.807, 2.05) is 36.4 Å². The smallest absolute Gasteiger partial charge is 0.379 e. The van der Waals surface area contributed by atoms with Crippen LogP contribution < -0.4 is 10.6 Å². The van der Waals surface area contributed by atoms with Crippen molar-refractivity contribution in [2.45, 2.75) is 89.8 Å². The highest BCUT2D eigenvalue weighted by atomic mass is 19.4. The molecule has 35 heavy (non-hydrogen) atoms. The van der Waals surface area contributed by atoms with Crippen molar-refractivity contribution in [1.82, 2.24) is 10.6 Å². The molecule has 2 atom stereocenters. The number of allylic oxidation sites excluding steroid dienone is 1. The molecule has 2 nitrogen and oxygen atoms in total. The molecule has 0 radical (unpaired) electrons. The summed E-state index contributed by atoms with van der Waals surface area (Å²) < 4.78 is 39.0. The van der Waals surface area contributed by atoms with E-state index in [0.29, 0.717) is 5.70 Å². The van der Waals surface area contributed by atoms with E-state index in [4.69, 9.17) is 0 Å². The van der Waals surface area contributed by atoms with Crippen LogP contribution in [0.25, 0.3) is 6.08 Å². The lowest BCUT2D eigenvalue weighted by Gasteiger charge is -2.27. The molecule has 1 aliphatic carbocycles. The molecule has 2 N–H and O–H groups in total. The summed E-state index contributed by atoms with van der Waals surface area (Å²) in [6.45, 7) is 4.26. The van der Waals surface area contributed by atoms with Gasteiger partial charge in [0.25, 0.3) is 0 Å². The first-order chi connectivity index (χ1) is 16.9. The summed E-state index contributed by atoms with van der Waals surface area (Å²) in [5.74, 6) is -0.0933. The average molecular weight is 487 g/mol. The monoisotopic (exact) mass is 486 g/mol. The molecule has 0 aliphatic heterocycles. The number of aryl methyl sites for hydroxylation is 1. The van der Waals surface area contributed by atoms with Crippen molar-refractivity contribution in [2.24, 2.45) is 0 Å². The highest BCUT2D eigenvalue weighted by Gasteiger charge is 2.32.